The number of nitrogens with one attached hydrogen (secondary N) is 1. The Labute approximate surface area is 216 Å². The largest absolute Gasteiger partial charge is 0.465 e. The molecule has 0 bridgehead atoms. The molecule has 0 aliphatic heterocycles. The number of hydrogen-bond donors (Lipinski definition) is 1. The maximum absolute atomic E-state index is 13.3. The smallest absolute Gasteiger partial charge is 0.348 e. The topological polar surface area (TPSA) is 117 Å². The molecule has 1 atom stereocenters. The summed E-state index contributed by atoms with van der Waals surface area (Å²) in [5, 5.41) is 2.98. The lowest BCUT2D eigenvalue weighted by Gasteiger charge is -2.15. The standard InChI is InChI=1S/C27H25N3O6S/c1-16-21-24(37-22(16)27(34)36-13-12-18-8-5-4-6-9-18)28-15-30(25(21)32)17(2)23(31)29-20-11-7-10-19(14-20)26(33)35-3/h4-11,14-15,17H,12-13H2,1-3H3,(H,29,31). The fourth-order valence-electron chi connectivity index (χ4n) is 3.79. The second kappa shape index (κ2) is 11.2. The van der Waals surface area contributed by atoms with Gasteiger partial charge in [0.15, 0.2) is 0 Å². The highest BCUT2D eigenvalue weighted by molar-refractivity contribution is 7.20. The van der Waals surface area contributed by atoms with Crippen molar-refractivity contribution in [3.8, 4) is 0 Å². The van der Waals surface area contributed by atoms with E-state index in [1.165, 1.54) is 24.1 Å². The SMILES string of the molecule is COC(=O)c1cccc(NC(=O)C(C)n2cnc3sc(C(=O)OCCc4ccccc4)c(C)c3c2=O)c1. The van der Waals surface area contributed by atoms with Crippen molar-refractivity contribution in [1.82, 2.24) is 9.55 Å². The summed E-state index contributed by atoms with van der Waals surface area (Å²) in [6.45, 7) is 3.44. The molecule has 0 aliphatic carbocycles. The van der Waals surface area contributed by atoms with E-state index in [4.69, 9.17) is 9.47 Å². The van der Waals surface area contributed by atoms with Crippen molar-refractivity contribution in [2.75, 3.05) is 19.0 Å². The molecular formula is C27H25N3O6S. The van der Waals surface area contributed by atoms with Gasteiger partial charge in [0.1, 0.15) is 15.7 Å². The summed E-state index contributed by atoms with van der Waals surface area (Å²) in [6, 6.07) is 15.1. The van der Waals surface area contributed by atoms with Crippen LogP contribution in [-0.2, 0) is 20.7 Å². The predicted octanol–water partition coefficient (Wildman–Crippen LogP) is 4.15. The first-order valence-electron chi connectivity index (χ1n) is 11.5. The number of esters is 2. The predicted molar refractivity (Wildman–Crippen MR) is 140 cm³/mol. The van der Waals surface area contributed by atoms with E-state index in [1.54, 1.807) is 32.0 Å². The summed E-state index contributed by atoms with van der Waals surface area (Å²) in [4.78, 5) is 55.7. The molecule has 190 valence electrons. The van der Waals surface area contributed by atoms with Gasteiger partial charge in [0.05, 0.1) is 31.0 Å². The summed E-state index contributed by atoms with van der Waals surface area (Å²) in [7, 11) is 1.27. The van der Waals surface area contributed by atoms with Crippen LogP contribution in [0.5, 0.6) is 0 Å². The number of fused-ring (bicyclic) bond motifs is 1. The average molecular weight is 520 g/mol. The molecule has 0 saturated carbocycles. The Morgan fingerprint density at radius 1 is 1.08 bits per heavy atom. The third kappa shape index (κ3) is 5.59. The van der Waals surface area contributed by atoms with Gasteiger partial charge < -0.3 is 14.8 Å². The van der Waals surface area contributed by atoms with Gasteiger partial charge in [-0.25, -0.2) is 14.6 Å². The lowest BCUT2D eigenvalue weighted by atomic mass is 10.2. The number of hydrogen-bond acceptors (Lipinski definition) is 8. The maximum Gasteiger partial charge on any atom is 0.348 e. The summed E-state index contributed by atoms with van der Waals surface area (Å²) >= 11 is 1.09. The number of rotatable bonds is 8. The Morgan fingerprint density at radius 3 is 2.57 bits per heavy atom. The Balaban J connectivity index is 1.51. The third-order valence-corrected chi connectivity index (χ3v) is 7.06. The minimum Gasteiger partial charge on any atom is -0.465 e. The number of aromatic nitrogens is 2. The first-order chi connectivity index (χ1) is 17.8. The summed E-state index contributed by atoms with van der Waals surface area (Å²) in [6.07, 6.45) is 1.87. The van der Waals surface area contributed by atoms with Crippen molar-refractivity contribution in [2.24, 2.45) is 0 Å². The molecule has 0 radical (unpaired) electrons. The molecule has 4 aromatic rings. The fourth-order valence-corrected chi connectivity index (χ4v) is 4.83. The first kappa shape index (κ1) is 25.8. The van der Waals surface area contributed by atoms with E-state index in [1.807, 2.05) is 30.3 Å². The molecule has 2 aromatic carbocycles. The van der Waals surface area contributed by atoms with Crippen molar-refractivity contribution in [3.05, 3.63) is 92.8 Å². The molecule has 4 rings (SSSR count). The fraction of sp³-hybridized carbons (Fsp3) is 0.222. The van der Waals surface area contributed by atoms with E-state index < -0.39 is 29.4 Å². The molecule has 1 unspecified atom stereocenters. The molecule has 37 heavy (non-hydrogen) atoms. The third-order valence-electron chi connectivity index (χ3n) is 5.88. The number of nitrogens with zero attached hydrogens (tertiary/aromatic N) is 2. The van der Waals surface area contributed by atoms with Gasteiger partial charge >= 0.3 is 11.9 Å². The number of benzene rings is 2. The van der Waals surface area contributed by atoms with Gasteiger partial charge in [0, 0.05) is 12.1 Å². The van der Waals surface area contributed by atoms with E-state index in [0.717, 1.165) is 16.9 Å². The monoisotopic (exact) mass is 519 g/mol. The Bertz CT molecular complexity index is 1530. The van der Waals surface area contributed by atoms with Crippen LogP contribution in [0.25, 0.3) is 10.2 Å². The van der Waals surface area contributed by atoms with Crippen LogP contribution < -0.4 is 10.9 Å². The first-order valence-corrected chi connectivity index (χ1v) is 12.3. The highest BCUT2D eigenvalue weighted by Crippen LogP contribution is 2.28. The minimum absolute atomic E-state index is 0.211. The van der Waals surface area contributed by atoms with Gasteiger partial charge in [0.2, 0.25) is 5.91 Å². The second-order valence-electron chi connectivity index (χ2n) is 8.30. The van der Waals surface area contributed by atoms with E-state index in [-0.39, 0.29) is 17.6 Å². The van der Waals surface area contributed by atoms with Crippen molar-refractivity contribution in [3.63, 3.8) is 0 Å². The van der Waals surface area contributed by atoms with Gasteiger partial charge in [-0.1, -0.05) is 36.4 Å². The quantitative estimate of drug-likeness (QED) is 0.348. The number of ether oxygens (including phenoxy) is 2. The summed E-state index contributed by atoms with van der Waals surface area (Å²) in [5.74, 6) is -1.52. The van der Waals surface area contributed by atoms with E-state index in [0.29, 0.717) is 27.4 Å². The number of anilines is 1. The molecule has 0 saturated heterocycles. The normalized spacial score (nSPS) is 11.6. The van der Waals surface area contributed by atoms with Gasteiger partial charge in [-0.15, -0.1) is 11.3 Å². The number of methoxy groups -OCH3 is 1. The molecule has 0 fully saturated rings. The number of thiophene rings is 1. The van der Waals surface area contributed by atoms with Crippen molar-refractivity contribution in [1.29, 1.82) is 0 Å². The van der Waals surface area contributed by atoms with Crippen LogP contribution in [0.15, 0.2) is 65.7 Å². The van der Waals surface area contributed by atoms with Crippen molar-refractivity contribution in [2.45, 2.75) is 26.3 Å². The Morgan fingerprint density at radius 2 is 1.84 bits per heavy atom. The Hall–Kier alpha value is -4.31. The van der Waals surface area contributed by atoms with Crippen molar-refractivity contribution < 1.29 is 23.9 Å². The lowest BCUT2D eigenvalue weighted by Crippen LogP contribution is -2.31. The number of carbonyl (C=O) groups excluding carboxylic acids is 3. The zero-order valence-electron chi connectivity index (χ0n) is 20.5. The van der Waals surface area contributed by atoms with Crippen LogP contribution in [0.2, 0.25) is 0 Å². The number of carbonyl (C=O) groups is 3. The maximum atomic E-state index is 13.3. The second-order valence-corrected chi connectivity index (χ2v) is 9.30. The molecular weight excluding hydrogens is 494 g/mol. The summed E-state index contributed by atoms with van der Waals surface area (Å²) < 4.78 is 11.4. The Kier molecular flexibility index (Phi) is 7.78. The molecule has 1 N–H and O–H groups in total. The number of aryl methyl sites for hydroxylation is 1. The zero-order valence-corrected chi connectivity index (χ0v) is 21.3. The molecule has 0 aliphatic rings. The lowest BCUT2D eigenvalue weighted by molar-refractivity contribution is -0.118. The van der Waals surface area contributed by atoms with E-state index >= 15 is 0 Å². The van der Waals surface area contributed by atoms with Crippen LogP contribution in [-0.4, -0.2) is 41.1 Å². The van der Waals surface area contributed by atoms with Crippen LogP contribution >= 0.6 is 11.3 Å². The van der Waals surface area contributed by atoms with Crippen LogP contribution in [0.4, 0.5) is 5.69 Å². The molecule has 2 aromatic heterocycles. The van der Waals surface area contributed by atoms with Gasteiger partial charge in [-0.3, -0.25) is 14.2 Å². The molecule has 2 heterocycles. The molecule has 10 heteroatoms. The van der Waals surface area contributed by atoms with Gasteiger partial charge in [-0.2, -0.15) is 0 Å². The molecule has 0 spiro atoms. The molecule has 1 amide bonds. The summed E-state index contributed by atoms with van der Waals surface area (Å²) in [5.41, 5.74) is 1.75. The zero-order chi connectivity index (χ0) is 26.5. The van der Waals surface area contributed by atoms with Crippen LogP contribution in [0.3, 0.4) is 0 Å². The van der Waals surface area contributed by atoms with Gasteiger partial charge in [-0.05, 0) is 43.2 Å². The van der Waals surface area contributed by atoms with Crippen LogP contribution in [0, 0.1) is 6.92 Å². The average Bonchev–Trinajstić information content (AvgIpc) is 3.25. The highest BCUT2D eigenvalue weighted by Gasteiger charge is 2.24. The van der Waals surface area contributed by atoms with E-state index in [2.05, 4.69) is 10.3 Å². The van der Waals surface area contributed by atoms with Crippen LogP contribution in [0.1, 0.15) is 44.1 Å². The highest BCUT2D eigenvalue weighted by atomic mass is 32.1. The van der Waals surface area contributed by atoms with E-state index in [9.17, 15) is 19.2 Å². The molecule has 9 nitrogen and oxygen atoms in total. The minimum atomic E-state index is -0.910. The number of amides is 1. The van der Waals surface area contributed by atoms with Gasteiger partial charge in [0.25, 0.3) is 5.56 Å². The van der Waals surface area contributed by atoms with Crippen molar-refractivity contribution >= 4 is 45.1 Å².